The van der Waals surface area contributed by atoms with Crippen molar-refractivity contribution < 1.29 is 9.47 Å². The zero-order chi connectivity index (χ0) is 13.2. The van der Waals surface area contributed by atoms with E-state index in [2.05, 4.69) is 24.4 Å². The molecule has 2 atom stereocenters. The topological polar surface area (TPSA) is 56.5 Å². The van der Waals surface area contributed by atoms with Gasteiger partial charge in [-0.1, -0.05) is 12.8 Å². The summed E-state index contributed by atoms with van der Waals surface area (Å²) in [6.07, 6.45) is 4.87. The predicted molar refractivity (Wildman–Crippen MR) is 74.4 cm³/mol. The molecular weight excluding hydrogens is 240 g/mol. The zero-order valence-electron chi connectivity index (χ0n) is 11.4. The van der Waals surface area contributed by atoms with Crippen LogP contribution in [-0.2, 0) is 6.54 Å². The Bertz CT molecular complexity index is 462. The lowest BCUT2D eigenvalue weighted by atomic mass is 9.91. The van der Waals surface area contributed by atoms with Crippen LogP contribution in [0.15, 0.2) is 12.1 Å². The third-order valence-electron chi connectivity index (χ3n) is 4.21. The highest BCUT2D eigenvalue weighted by Crippen LogP contribution is 2.34. The van der Waals surface area contributed by atoms with E-state index >= 15 is 0 Å². The number of nitrogens with one attached hydrogen (secondary N) is 1. The first-order valence-corrected chi connectivity index (χ1v) is 7.12. The summed E-state index contributed by atoms with van der Waals surface area (Å²) in [5.41, 5.74) is 8.67. The van der Waals surface area contributed by atoms with Crippen LogP contribution in [0.2, 0.25) is 0 Å². The van der Waals surface area contributed by atoms with Crippen molar-refractivity contribution in [2.45, 2.75) is 51.2 Å². The summed E-state index contributed by atoms with van der Waals surface area (Å²) < 4.78 is 10.8. The van der Waals surface area contributed by atoms with Crippen molar-refractivity contribution in [1.29, 1.82) is 0 Å². The predicted octanol–water partition coefficient (Wildman–Crippen LogP) is 2.08. The van der Waals surface area contributed by atoms with Crippen molar-refractivity contribution in [2.75, 3.05) is 6.79 Å². The van der Waals surface area contributed by atoms with Gasteiger partial charge in [0.05, 0.1) is 0 Å². The minimum Gasteiger partial charge on any atom is -0.454 e. The number of aryl methyl sites for hydroxylation is 1. The van der Waals surface area contributed by atoms with E-state index in [1.54, 1.807) is 0 Å². The lowest BCUT2D eigenvalue weighted by molar-refractivity contribution is 0.174. The maximum atomic E-state index is 6.16. The number of nitrogens with two attached hydrogens (primary N) is 1. The molecule has 0 saturated heterocycles. The fraction of sp³-hybridized carbons (Fsp3) is 0.600. The first kappa shape index (κ1) is 12.8. The third kappa shape index (κ3) is 2.69. The molecule has 4 heteroatoms. The van der Waals surface area contributed by atoms with Gasteiger partial charge in [-0.3, -0.25) is 0 Å². The van der Waals surface area contributed by atoms with Crippen molar-refractivity contribution in [3.8, 4) is 11.5 Å². The summed E-state index contributed by atoms with van der Waals surface area (Å²) in [6.45, 7) is 3.29. The molecule has 1 aliphatic heterocycles. The van der Waals surface area contributed by atoms with E-state index in [9.17, 15) is 0 Å². The maximum absolute atomic E-state index is 6.16. The second-order valence-electron chi connectivity index (χ2n) is 5.57. The number of hydrogen-bond donors (Lipinski definition) is 2. The van der Waals surface area contributed by atoms with E-state index in [-0.39, 0.29) is 0 Å². The van der Waals surface area contributed by atoms with Gasteiger partial charge in [-0.15, -0.1) is 0 Å². The highest BCUT2D eigenvalue weighted by atomic mass is 16.7. The van der Waals surface area contributed by atoms with Gasteiger partial charge in [0.1, 0.15) is 0 Å². The fourth-order valence-corrected chi connectivity index (χ4v) is 2.93. The third-order valence-corrected chi connectivity index (χ3v) is 4.21. The molecule has 0 spiro atoms. The van der Waals surface area contributed by atoms with Gasteiger partial charge in [0.15, 0.2) is 11.5 Å². The molecular formula is C15H22N2O2. The molecule has 0 radical (unpaired) electrons. The summed E-state index contributed by atoms with van der Waals surface area (Å²) >= 11 is 0. The monoisotopic (exact) mass is 262 g/mol. The Morgan fingerprint density at radius 1 is 1.21 bits per heavy atom. The van der Waals surface area contributed by atoms with Crippen molar-refractivity contribution in [3.05, 3.63) is 23.3 Å². The Labute approximate surface area is 114 Å². The Hall–Kier alpha value is -1.26. The molecule has 104 valence electrons. The standard InChI is InChI=1S/C15H22N2O2/c1-10-6-14-15(19-9-18-14)7-11(10)8-17-13-5-3-2-4-12(13)16/h6-7,12-13,17H,2-5,8-9,16H2,1H3. The van der Waals surface area contributed by atoms with E-state index in [0.29, 0.717) is 18.9 Å². The molecule has 2 unspecified atom stereocenters. The SMILES string of the molecule is Cc1cc2c(cc1CNC1CCCCC1N)OCO2. The number of fused-ring (bicyclic) bond motifs is 1. The largest absolute Gasteiger partial charge is 0.454 e. The molecule has 1 heterocycles. The Morgan fingerprint density at radius 2 is 1.95 bits per heavy atom. The van der Waals surface area contributed by atoms with Gasteiger partial charge in [-0.05, 0) is 43.0 Å². The lowest BCUT2D eigenvalue weighted by Gasteiger charge is -2.29. The van der Waals surface area contributed by atoms with Crippen LogP contribution >= 0.6 is 0 Å². The quantitative estimate of drug-likeness (QED) is 0.875. The van der Waals surface area contributed by atoms with Gasteiger partial charge in [0, 0.05) is 18.6 Å². The van der Waals surface area contributed by atoms with E-state index in [1.807, 2.05) is 0 Å². The first-order valence-electron chi connectivity index (χ1n) is 7.12. The molecule has 0 bridgehead atoms. The van der Waals surface area contributed by atoms with Crippen molar-refractivity contribution in [1.82, 2.24) is 5.32 Å². The average Bonchev–Trinajstić information content (AvgIpc) is 2.84. The van der Waals surface area contributed by atoms with E-state index in [4.69, 9.17) is 15.2 Å². The molecule has 0 amide bonds. The van der Waals surface area contributed by atoms with Gasteiger partial charge in [-0.2, -0.15) is 0 Å². The highest BCUT2D eigenvalue weighted by Gasteiger charge is 2.22. The Kier molecular flexibility index (Phi) is 3.62. The summed E-state index contributed by atoms with van der Waals surface area (Å²) in [4.78, 5) is 0. The molecule has 3 rings (SSSR count). The molecule has 4 nitrogen and oxygen atoms in total. The Balaban J connectivity index is 1.66. The summed E-state index contributed by atoms with van der Waals surface area (Å²) in [6, 6.07) is 4.88. The number of benzene rings is 1. The second kappa shape index (κ2) is 5.39. The minimum absolute atomic E-state index is 0.295. The number of ether oxygens (including phenoxy) is 2. The number of hydrogen-bond acceptors (Lipinski definition) is 4. The number of rotatable bonds is 3. The summed E-state index contributed by atoms with van der Waals surface area (Å²) in [5.74, 6) is 1.71. The average molecular weight is 262 g/mol. The summed E-state index contributed by atoms with van der Waals surface area (Å²) in [5, 5.41) is 3.60. The van der Waals surface area contributed by atoms with Crippen LogP contribution in [0, 0.1) is 6.92 Å². The minimum atomic E-state index is 0.295. The smallest absolute Gasteiger partial charge is 0.231 e. The van der Waals surface area contributed by atoms with Crippen LogP contribution in [0.3, 0.4) is 0 Å². The van der Waals surface area contributed by atoms with E-state index in [1.165, 1.54) is 30.4 Å². The van der Waals surface area contributed by atoms with Crippen LogP contribution in [0.25, 0.3) is 0 Å². The molecule has 1 aromatic carbocycles. The molecule has 0 aromatic heterocycles. The van der Waals surface area contributed by atoms with Gasteiger partial charge in [0.25, 0.3) is 0 Å². The molecule has 1 aliphatic carbocycles. The second-order valence-corrected chi connectivity index (χ2v) is 5.57. The Morgan fingerprint density at radius 3 is 2.74 bits per heavy atom. The van der Waals surface area contributed by atoms with Crippen LogP contribution in [0.5, 0.6) is 11.5 Å². The first-order chi connectivity index (χ1) is 9.24. The van der Waals surface area contributed by atoms with Gasteiger partial charge in [0.2, 0.25) is 6.79 Å². The molecule has 3 N–H and O–H groups in total. The molecule has 1 aromatic rings. The van der Waals surface area contributed by atoms with Crippen LogP contribution in [0.4, 0.5) is 0 Å². The van der Waals surface area contributed by atoms with Crippen LogP contribution < -0.4 is 20.5 Å². The van der Waals surface area contributed by atoms with E-state index in [0.717, 1.165) is 24.5 Å². The van der Waals surface area contributed by atoms with Gasteiger partial charge in [-0.25, -0.2) is 0 Å². The van der Waals surface area contributed by atoms with Gasteiger partial charge >= 0.3 is 0 Å². The van der Waals surface area contributed by atoms with Crippen molar-refractivity contribution in [3.63, 3.8) is 0 Å². The van der Waals surface area contributed by atoms with Crippen molar-refractivity contribution >= 4 is 0 Å². The molecule has 1 fully saturated rings. The molecule has 2 aliphatic rings. The van der Waals surface area contributed by atoms with Crippen molar-refractivity contribution in [2.24, 2.45) is 5.73 Å². The molecule has 1 saturated carbocycles. The fourth-order valence-electron chi connectivity index (χ4n) is 2.93. The zero-order valence-corrected chi connectivity index (χ0v) is 11.4. The highest BCUT2D eigenvalue weighted by molar-refractivity contribution is 5.48. The maximum Gasteiger partial charge on any atom is 0.231 e. The lowest BCUT2D eigenvalue weighted by Crippen LogP contribution is -2.46. The normalized spacial score (nSPS) is 25.6. The van der Waals surface area contributed by atoms with Gasteiger partial charge < -0.3 is 20.5 Å². The van der Waals surface area contributed by atoms with E-state index < -0.39 is 0 Å². The molecule has 19 heavy (non-hydrogen) atoms. The summed E-state index contributed by atoms with van der Waals surface area (Å²) in [7, 11) is 0. The van der Waals surface area contributed by atoms with Crippen LogP contribution in [0.1, 0.15) is 36.8 Å². The van der Waals surface area contributed by atoms with Crippen LogP contribution in [-0.4, -0.2) is 18.9 Å².